The van der Waals surface area contributed by atoms with Gasteiger partial charge in [0.1, 0.15) is 4.90 Å². The quantitative estimate of drug-likeness (QED) is 0.847. The average Bonchev–Trinajstić information content (AvgIpc) is 2.86. The largest absolute Gasteiger partial charge is 0.284 e. The molecule has 0 radical (unpaired) electrons. The molecule has 2 unspecified atom stereocenters. The summed E-state index contributed by atoms with van der Waals surface area (Å²) < 4.78 is 26.5. The number of hydrogen-bond donors (Lipinski definition) is 2. The van der Waals surface area contributed by atoms with E-state index >= 15 is 0 Å². The Morgan fingerprint density at radius 1 is 1.56 bits per heavy atom. The molecule has 1 aliphatic carbocycles. The fourth-order valence-electron chi connectivity index (χ4n) is 1.93. The van der Waals surface area contributed by atoms with Crippen molar-refractivity contribution in [3.05, 3.63) is 12.4 Å². The number of hydrogen-bond acceptors (Lipinski definition) is 4. The zero-order valence-electron chi connectivity index (χ0n) is 9.01. The molecule has 0 saturated heterocycles. The standard InChI is InChI=1S/C9H15N3O2S2/c1-15-8-3-2-7(4-8)12-16(13,14)9-5-10-11-6-9/h5-8,12H,2-4H2,1H3,(H,10,11). The van der Waals surface area contributed by atoms with E-state index < -0.39 is 10.0 Å². The van der Waals surface area contributed by atoms with Crippen molar-refractivity contribution in [2.24, 2.45) is 0 Å². The Kier molecular flexibility index (Phi) is 3.56. The normalized spacial score (nSPS) is 26.1. The summed E-state index contributed by atoms with van der Waals surface area (Å²) in [7, 11) is -3.39. The summed E-state index contributed by atoms with van der Waals surface area (Å²) in [5.74, 6) is 0. The van der Waals surface area contributed by atoms with Gasteiger partial charge in [0.25, 0.3) is 0 Å². The van der Waals surface area contributed by atoms with Gasteiger partial charge in [-0.1, -0.05) is 0 Å². The number of nitrogens with zero attached hydrogens (tertiary/aromatic N) is 1. The summed E-state index contributed by atoms with van der Waals surface area (Å²) >= 11 is 1.81. The van der Waals surface area contributed by atoms with E-state index in [4.69, 9.17) is 0 Å². The van der Waals surface area contributed by atoms with Crippen LogP contribution in [0.3, 0.4) is 0 Å². The molecule has 0 amide bonds. The van der Waals surface area contributed by atoms with Crippen molar-refractivity contribution < 1.29 is 8.42 Å². The van der Waals surface area contributed by atoms with Crippen molar-refractivity contribution >= 4 is 21.8 Å². The Bertz CT molecular complexity index is 430. The molecule has 2 atom stereocenters. The third kappa shape index (κ3) is 2.58. The van der Waals surface area contributed by atoms with Crippen LogP contribution in [0.25, 0.3) is 0 Å². The average molecular weight is 261 g/mol. The van der Waals surface area contributed by atoms with Crippen LogP contribution in [0.15, 0.2) is 17.3 Å². The Hall–Kier alpha value is -0.530. The van der Waals surface area contributed by atoms with Gasteiger partial charge in [-0.05, 0) is 25.5 Å². The fourth-order valence-corrected chi connectivity index (χ4v) is 3.92. The Morgan fingerprint density at radius 3 is 2.94 bits per heavy atom. The molecular weight excluding hydrogens is 246 g/mol. The smallest absolute Gasteiger partial charge is 0.243 e. The van der Waals surface area contributed by atoms with Crippen LogP contribution >= 0.6 is 11.8 Å². The van der Waals surface area contributed by atoms with Crippen LogP contribution in [-0.2, 0) is 10.0 Å². The SMILES string of the molecule is CSC1CCC(NS(=O)(=O)c2cn[nH]c2)C1. The second-order valence-electron chi connectivity index (χ2n) is 3.92. The van der Waals surface area contributed by atoms with E-state index in [2.05, 4.69) is 21.2 Å². The predicted molar refractivity (Wildman–Crippen MR) is 63.9 cm³/mol. The zero-order chi connectivity index (χ0) is 11.6. The van der Waals surface area contributed by atoms with Gasteiger partial charge in [0, 0.05) is 17.5 Å². The van der Waals surface area contributed by atoms with Crippen molar-refractivity contribution in [3.8, 4) is 0 Å². The molecule has 0 spiro atoms. The summed E-state index contributed by atoms with van der Waals surface area (Å²) in [4.78, 5) is 0.208. The van der Waals surface area contributed by atoms with Crippen molar-refractivity contribution in [1.82, 2.24) is 14.9 Å². The number of sulfonamides is 1. The van der Waals surface area contributed by atoms with Gasteiger partial charge < -0.3 is 0 Å². The fraction of sp³-hybridized carbons (Fsp3) is 0.667. The third-order valence-electron chi connectivity index (χ3n) is 2.82. The first-order valence-corrected chi connectivity index (χ1v) is 7.93. The van der Waals surface area contributed by atoms with Crippen molar-refractivity contribution in [3.63, 3.8) is 0 Å². The molecular formula is C9H15N3O2S2. The highest BCUT2D eigenvalue weighted by Crippen LogP contribution is 2.28. The minimum atomic E-state index is -3.39. The highest BCUT2D eigenvalue weighted by Gasteiger charge is 2.28. The van der Waals surface area contributed by atoms with Crippen LogP contribution in [0.4, 0.5) is 0 Å². The second kappa shape index (κ2) is 4.77. The van der Waals surface area contributed by atoms with Crippen LogP contribution in [0.5, 0.6) is 0 Å². The highest BCUT2D eigenvalue weighted by atomic mass is 32.2. The monoisotopic (exact) mass is 261 g/mol. The lowest BCUT2D eigenvalue weighted by atomic mass is 10.3. The van der Waals surface area contributed by atoms with Gasteiger partial charge in [-0.2, -0.15) is 16.9 Å². The van der Waals surface area contributed by atoms with Crippen LogP contribution in [-0.4, -0.2) is 36.2 Å². The molecule has 1 aromatic heterocycles. The zero-order valence-corrected chi connectivity index (χ0v) is 10.6. The molecule has 0 aliphatic heterocycles. The van der Waals surface area contributed by atoms with E-state index in [1.165, 1.54) is 12.4 Å². The molecule has 7 heteroatoms. The van der Waals surface area contributed by atoms with Gasteiger partial charge >= 0.3 is 0 Å². The Labute approximate surface area is 99.4 Å². The number of H-pyrrole nitrogens is 1. The van der Waals surface area contributed by atoms with E-state index in [1.807, 2.05) is 0 Å². The molecule has 1 aromatic rings. The van der Waals surface area contributed by atoms with Gasteiger partial charge in [-0.15, -0.1) is 0 Å². The van der Waals surface area contributed by atoms with E-state index in [0.29, 0.717) is 5.25 Å². The van der Waals surface area contributed by atoms with Crippen LogP contribution in [0, 0.1) is 0 Å². The lowest BCUT2D eigenvalue weighted by Gasteiger charge is -2.11. The molecule has 0 bridgehead atoms. The first-order valence-electron chi connectivity index (χ1n) is 5.16. The summed E-state index contributed by atoms with van der Waals surface area (Å²) in [5, 5.41) is 6.73. The summed E-state index contributed by atoms with van der Waals surface area (Å²) in [6.45, 7) is 0. The van der Waals surface area contributed by atoms with E-state index in [-0.39, 0.29) is 10.9 Å². The van der Waals surface area contributed by atoms with Gasteiger partial charge in [0.05, 0.1) is 6.20 Å². The number of aromatic nitrogens is 2. The Balaban J connectivity index is 2.00. The molecule has 1 aliphatic rings. The molecule has 2 N–H and O–H groups in total. The van der Waals surface area contributed by atoms with Crippen LogP contribution in [0.1, 0.15) is 19.3 Å². The molecule has 1 fully saturated rings. The molecule has 90 valence electrons. The van der Waals surface area contributed by atoms with Gasteiger partial charge in [-0.25, -0.2) is 13.1 Å². The number of rotatable bonds is 4. The van der Waals surface area contributed by atoms with Crippen LogP contribution < -0.4 is 4.72 Å². The predicted octanol–water partition coefficient (Wildman–Crippen LogP) is 0.972. The lowest BCUT2D eigenvalue weighted by molar-refractivity contribution is 0.552. The molecule has 5 nitrogen and oxygen atoms in total. The number of thioether (sulfide) groups is 1. The van der Waals surface area contributed by atoms with Gasteiger partial charge in [0.15, 0.2) is 0 Å². The van der Waals surface area contributed by atoms with Gasteiger partial charge in [0.2, 0.25) is 10.0 Å². The lowest BCUT2D eigenvalue weighted by Crippen LogP contribution is -2.32. The third-order valence-corrected chi connectivity index (χ3v) is 5.41. The molecule has 16 heavy (non-hydrogen) atoms. The molecule has 0 aromatic carbocycles. The minimum Gasteiger partial charge on any atom is -0.284 e. The molecule has 1 heterocycles. The van der Waals surface area contributed by atoms with E-state index in [0.717, 1.165) is 19.3 Å². The number of aromatic amines is 1. The van der Waals surface area contributed by atoms with Gasteiger partial charge in [-0.3, -0.25) is 5.10 Å². The second-order valence-corrected chi connectivity index (χ2v) is 6.78. The van der Waals surface area contributed by atoms with Crippen molar-refractivity contribution in [1.29, 1.82) is 0 Å². The van der Waals surface area contributed by atoms with E-state index in [1.54, 1.807) is 11.8 Å². The van der Waals surface area contributed by atoms with Crippen LogP contribution in [0.2, 0.25) is 0 Å². The maximum absolute atomic E-state index is 11.9. The summed E-state index contributed by atoms with van der Waals surface area (Å²) in [6, 6.07) is 0.0670. The first kappa shape index (κ1) is 11.9. The topological polar surface area (TPSA) is 74.8 Å². The molecule has 1 saturated carbocycles. The summed E-state index contributed by atoms with van der Waals surface area (Å²) in [5.41, 5.74) is 0. The maximum Gasteiger partial charge on any atom is 0.243 e. The van der Waals surface area contributed by atoms with Crippen molar-refractivity contribution in [2.75, 3.05) is 6.26 Å². The minimum absolute atomic E-state index is 0.0670. The highest BCUT2D eigenvalue weighted by molar-refractivity contribution is 7.99. The maximum atomic E-state index is 11.9. The number of nitrogens with one attached hydrogen (secondary N) is 2. The first-order chi connectivity index (χ1) is 7.62. The Morgan fingerprint density at radius 2 is 2.38 bits per heavy atom. The summed E-state index contributed by atoms with van der Waals surface area (Å²) in [6.07, 6.45) is 7.70. The molecule has 2 rings (SSSR count). The van der Waals surface area contributed by atoms with E-state index in [9.17, 15) is 8.42 Å². The van der Waals surface area contributed by atoms with Crippen molar-refractivity contribution in [2.45, 2.75) is 35.4 Å².